The molecule has 2 N–H and O–H groups in total. The molecule has 0 radical (unpaired) electrons. The Morgan fingerprint density at radius 3 is 2.36 bits per heavy atom. The first kappa shape index (κ1) is 21.0. The van der Waals surface area contributed by atoms with Crippen molar-refractivity contribution < 1.29 is 22.8 Å². The normalized spacial score (nSPS) is 12.8. The van der Waals surface area contributed by atoms with Gasteiger partial charge >= 0.3 is 6.18 Å². The number of carbonyl (C=O) groups is 2. The second kappa shape index (κ2) is 9.41. The SMILES string of the molecule is CCCC(C)NC(=O)CN(C)CC(=O)Nc1ccccc1C(F)(F)F. The first-order valence-electron chi connectivity index (χ1n) is 8.07. The number of hydrogen-bond donors (Lipinski definition) is 2. The molecule has 8 heteroatoms. The molecule has 0 aliphatic heterocycles. The molecule has 0 heterocycles. The van der Waals surface area contributed by atoms with E-state index in [0.29, 0.717) is 0 Å². The van der Waals surface area contributed by atoms with E-state index in [9.17, 15) is 22.8 Å². The Hall–Kier alpha value is -2.09. The summed E-state index contributed by atoms with van der Waals surface area (Å²) in [6.45, 7) is 3.70. The lowest BCUT2D eigenvalue weighted by atomic mass is 10.1. The molecule has 0 aliphatic rings. The van der Waals surface area contributed by atoms with Gasteiger partial charge < -0.3 is 10.6 Å². The Bertz CT molecular complexity index is 591. The van der Waals surface area contributed by atoms with Gasteiger partial charge in [0.15, 0.2) is 0 Å². The molecule has 140 valence electrons. The van der Waals surface area contributed by atoms with Crippen LogP contribution in [-0.2, 0) is 15.8 Å². The van der Waals surface area contributed by atoms with E-state index >= 15 is 0 Å². The van der Waals surface area contributed by atoms with Crippen LogP contribution in [-0.4, -0.2) is 42.9 Å². The van der Waals surface area contributed by atoms with Gasteiger partial charge in [-0.2, -0.15) is 13.2 Å². The summed E-state index contributed by atoms with van der Waals surface area (Å²) in [5.74, 6) is -0.847. The summed E-state index contributed by atoms with van der Waals surface area (Å²) in [6, 6.07) is 4.81. The van der Waals surface area contributed by atoms with Crippen LogP contribution in [0.3, 0.4) is 0 Å². The molecular weight excluding hydrogens is 335 g/mol. The number of alkyl halides is 3. The molecule has 0 saturated heterocycles. The third-order valence-corrected chi connectivity index (χ3v) is 3.46. The Kier molecular flexibility index (Phi) is 7.89. The maximum absolute atomic E-state index is 12.9. The molecule has 0 aromatic heterocycles. The zero-order valence-corrected chi connectivity index (χ0v) is 14.6. The van der Waals surface area contributed by atoms with Crippen LogP contribution in [0, 0.1) is 0 Å². The third kappa shape index (κ3) is 7.55. The highest BCUT2D eigenvalue weighted by Gasteiger charge is 2.33. The summed E-state index contributed by atoms with van der Waals surface area (Å²) in [7, 11) is 1.55. The highest BCUT2D eigenvalue weighted by molar-refractivity contribution is 5.93. The second-order valence-electron chi connectivity index (χ2n) is 6.02. The maximum atomic E-state index is 12.9. The predicted octanol–water partition coefficient (Wildman–Crippen LogP) is 2.88. The summed E-state index contributed by atoms with van der Waals surface area (Å²) in [6.07, 6.45) is -2.76. The quantitative estimate of drug-likeness (QED) is 0.750. The molecule has 5 nitrogen and oxygen atoms in total. The molecule has 1 unspecified atom stereocenters. The lowest BCUT2D eigenvalue weighted by molar-refractivity contribution is -0.137. The molecule has 0 spiro atoms. The molecule has 0 bridgehead atoms. The Morgan fingerprint density at radius 1 is 1.16 bits per heavy atom. The lowest BCUT2D eigenvalue weighted by Crippen LogP contribution is -2.42. The summed E-state index contributed by atoms with van der Waals surface area (Å²) in [5.41, 5.74) is -1.20. The summed E-state index contributed by atoms with van der Waals surface area (Å²) < 4.78 is 38.7. The molecule has 1 atom stereocenters. The van der Waals surface area contributed by atoms with Crippen molar-refractivity contribution in [3.8, 4) is 0 Å². The number of likely N-dealkylation sites (N-methyl/N-ethyl adjacent to an activating group) is 1. The number of hydrogen-bond acceptors (Lipinski definition) is 3. The fourth-order valence-corrected chi connectivity index (χ4v) is 2.40. The fraction of sp³-hybridized carbons (Fsp3) is 0.529. The number of amides is 2. The predicted molar refractivity (Wildman–Crippen MR) is 90.1 cm³/mol. The number of rotatable bonds is 8. The zero-order chi connectivity index (χ0) is 19.0. The van der Waals surface area contributed by atoms with Crippen LogP contribution in [0.5, 0.6) is 0 Å². The molecule has 0 fully saturated rings. The lowest BCUT2D eigenvalue weighted by Gasteiger charge is -2.19. The van der Waals surface area contributed by atoms with Gasteiger partial charge in [0.25, 0.3) is 0 Å². The molecule has 0 saturated carbocycles. The van der Waals surface area contributed by atoms with Crippen LogP contribution in [0.2, 0.25) is 0 Å². The smallest absolute Gasteiger partial charge is 0.353 e. The highest BCUT2D eigenvalue weighted by atomic mass is 19.4. The standard InChI is InChI=1S/C17H24F3N3O2/c1-4-7-12(2)21-15(24)10-23(3)11-16(25)22-14-9-6-5-8-13(14)17(18,19)20/h5-6,8-9,12H,4,7,10-11H2,1-3H3,(H,21,24)(H,22,25). The molecule has 2 amide bonds. The van der Waals surface area contributed by atoms with Crippen molar-refractivity contribution in [3.63, 3.8) is 0 Å². The Balaban J connectivity index is 2.56. The molecule has 0 aliphatic carbocycles. The van der Waals surface area contributed by atoms with Gasteiger partial charge in [-0.15, -0.1) is 0 Å². The zero-order valence-electron chi connectivity index (χ0n) is 14.6. The van der Waals surface area contributed by atoms with Crippen LogP contribution >= 0.6 is 0 Å². The van der Waals surface area contributed by atoms with E-state index in [1.165, 1.54) is 23.1 Å². The molecular formula is C17H24F3N3O2. The van der Waals surface area contributed by atoms with E-state index in [0.717, 1.165) is 18.9 Å². The van der Waals surface area contributed by atoms with Gasteiger partial charge in [-0.05, 0) is 32.5 Å². The van der Waals surface area contributed by atoms with E-state index in [2.05, 4.69) is 10.6 Å². The first-order chi connectivity index (χ1) is 11.6. The van der Waals surface area contributed by atoms with Gasteiger partial charge in [0, 0.05) is 6.04 Å². The summed E-state index contributed by atoms with van der Waals surface area (Å²) in [4.78, 5) is 25.2. The van der Waals surface area contributed by atoms with Gasteiger partial charge in [0.1, 0.15) is 0 Å². The average Bonchev–Trinajstić information content (AvgIpc) is 2.45. The summed E-state index contributed by atoms with van der Waals surface area (Å²) >= 11 is 0. The van der Waals surface area contributed by atoms with Crippen LogP contribution in [0.4, 0.5) is 18.9 Å². The minimum absolute atomic E-state index is 0.0115. The van der Waals surface area contributed by atoms with E-state index in [1.807, 2.05) is 13.8 Å². The minimum Gasteiger partial charge on any atom is -0.353 e. The van der Waals surface area contributed by atoms with Gasteiger partial charge in [-0.1, -0.05) is 25.5 Å². The number of nitrogens with zero attached hydrogens (tertiary/aromatic N) is 1. The van der Waals surface area contributed by atoms with Crippen molar-refractivity contribution in [3.05, 3.63) is 29.8 Å². The largest absolute Gasteiger partial charge is 0.418 e. The topological polar surface area (TPSA) is 61.4 Å². The van der Waals surface area contributed by atoms with Crippen LogP contribution in [0.15, 0.2) is 24.3 Å². The van der Waals surface area contributed by atoms with Crippen molar-refractivity contribution in [2.24, 2.45) is 0 Å². The van der Waals surface area contributed by atoms with Crippen molar-refractivity contribution in [1.82, 2.24) is 10.2 Å². The van der Waals surface area contributed by atoms with Gasteiger partial charge in [-0.25, -0.2) is 0 Å². The number of nitrogens with one attached hydrogen (secondary N) is 2. The highest BCUT2D eigenvalue weighted by Crippen LogP contribution is 2.34. The Morgan fingerprint density at radius 2 is 1.76 bits per heavy atom. The molecule has 1 aromatic carbocycles. The fourth-order valence-electron chi connectivity index (χ4n) is 2.40. The molecule has 25 heavy (non-hydrogen) atoms. The number of carbonyl (C=O) groups excluding carboxylic acids is 2. The number of anilines is 1. The van der Waals surface area contributed by atoms with Crippen molar-refractivity contribution in [2.45, 2.75) is 38.9 Å². The number of para-hydroxylation sites is 1. The van der Waals surface area contributed by atoms with Crippen molar-refractivity contribution in [2.75, 3.05) is 25.5 Å². The monoisotopic (exact) mass is 359 g/mol. The van der Waals surface area contributed by atoms with E-state index < -0.39 is 17.6 Å². The van der Waals surface area contributed by atoms with Crippen molar-refractivity contribution in [1.29, 1.82) is 0 Å². The first-order valence-corrected chi connectivity index (χ1v) is 8.07. The number of benzene rings is 1. The van der Waals surface area contributed by atoms with E-state index in [-0.39, 0.29) is 30.7 Å². The molecule has 1 rings (SSSR count). The van der Waals surface area contributed by atoms with Gasteiger partial charge in [0.2, 0.25) is 11.8 Å². The van der Waals surface area contributed by atoms with Crippen LogP contribution in [0.25, 0.3) is 0 Å². The average molecular weight is 359 g/mol. The maximum Gasteiger partial charge on any atom is 0.418 e. The third-order valence-electron chi connectivity index (χ3n) is 3.46. The Labute approximate surface area is 145 Å². The molecule has 1 aromatic rings. The summed E-state index contributed by atoms with van der Waals surface area (Å²) in [5, 5.41) is 5.05. The minimum atomic E-state index is -4.55. The van der Waals surface area contributed by atoms with Crippen LogP contribution < -0.4 is 10.6 Å². The second-order valence-corrected chi connectivity index (χ2v) is 6.02. The van der Waals surface area contributed by atoms with Gasteiger partial charge in [-0.3, -0.25) is 14.5 Å². The van der Waals surface area contributed by atoms with Crippen molar-refractivity contribution >= 4 is 17.5 Å². The van der Waals surface area contributed by atoms with Gasteiger partial charge in [0.05, 0.1) is 24.3 Å². The van der Waals surface area contributed by atoms with Crippen LogP contribution in [0.1, 0.15) is 32.3 Å². The van der Waals surface area contributed by atoms with E-state index in [4.69, 9.17) is 0 Å². The number of halogens is 3. The van der Waals surface area contributed by atoms with E-state index in [1.54, 1.807) is 7.05 Å².